The number of anilines is 1. The fourth-order valence-electron chi connectivity index (χ4n) is 1.89. The van der Waals surface area contributed by atoms with E-state index in [1.807, 2.05) is 6.92 Å². The van der Waals surface area contributed by atoms with Gasteiger partial charge < -0.3 is 11.1 Å². The molecule has 0 aliphatic heterocycles. The van der Waals surface area contributed by atoms with Crippen LogP contribution >= 0.6 is 0 Å². The first-order chi connectivity index (χ1) is 11.2. The van der Waals surface area contributed by atoms with Crippen molar-refractivity contribution in [3.63, 3.8) is 0 Å². The number of hydrogen-bond acceptors (Lipinski definition) is 6. The highest BCUT2D eigenvalue weighted by atomic mass is 32.2. The summed E-state index contributed by atoms with van der Waals surface area (Å²) in [6.07, 6.45) is 3.15. The third kappa shape index (κ3) is 3.96. The summed E-state index contributed by atoms with van der Waals surface area (Å²) in [6, 6.07) is 6.15. The first kappa shape index (κ1) is 17.6. The predicted molar refractivity (Wildman–Crippen MR) is 91.9 cm³/mol. The zero-order chi connectivity index (χ0) is 17.9. The summed E-state index contributed by atoms with van der Waals surface area (Å²) in [6.45, 7) is 5.56. The summed E-state index contributed by atoms with van der Waals surface area (Å²) in [5.74, 6) is -0.477. The van der Waals surface area contributed by atoms with Crippen LogP contribution in [0.2, 0.25) is 0 Å². The number of sulfone groups is 1. The molecule has 1 aromatic carbocycles. The lowest BCUT2D eigenvalue weighted by Gasteiger charge is -2.09. The van der Waals surface area contributed by atoms with Crippen molar-refractivity contribution in [2.45, 2.75) is 18.2 Å². The average Bonchev–Trinajstić information content (AvgIpc) is 2.54. The molecule has 0 bridgehead atoms. The molecule has 7 nitrogen and oxygen atoms in total. The number of allylic oxidation sites excluding steroid dienone is 1. The van der Waals surface area contributed by atoms with E-state index in [9.17, 15) is 13.2 Å². The third-order valence-corrected chi connectivity index (χ3v) is 4.44. The molecular formula is C16H18N4O3S. The number of nitrogen functional groups attached to an aromatic ring is 1. The predicted octanol–water partition coefficient (Wildman–Crippen LogP) is 1.78. The maximum absolute atomic E-state index is 12.2. The Bertz CT molecular complexity index is 890. The largest absolute Gasteiger partial charge is 0.382 e. The molecule has 0 saturated heterocycles. The molecule has 2 aromatic rings. The second-order valence-electron chi connectivity index (χ2n) is 5.20. The summed E-state index contributed by atoms with van der Waals surface area (Å²) in [4.78, 5) is 20.6. The van der Waals surface area contributed by atoms with Crippen LogP contribution in [0.15, 0.2) is 47.6 Å². The molecule has 0 fully saturated rings. The number of benzene rings is 1. The van der Waals surface area contributed by atoms with E-state index in [1.54, 1.807) is 12.1 Å². The maximum Gasteiger partial charge on any atom is 0.277 e. The van der Waals surface area contributed by atoms with Gasteiger partial charge in [0.2, 0.25) is 0 Å². The molecule has 8 heteroatoms. The van der Waals surface area contributed by atoms with Gasteiger partial charge in [0.15, 0.2) is 21.3 Å². The zero-order valence-corrected chi connectivity index (χ0v) is 14.2. The van der Waals surface area contributed by atoms with Gasteiger partial charge in [0.05, 0.1) is 16.8 Å². The minimum atomic E-state index is -3.28. The van der Waals surface area contributed by atoms with Gasteiger partial charge in [-0.15, -0.1) is 0 Å². The Morgan fingerprint density at radius 1 is 1.29 bits per heavy atom. The molecule has 0 radical (unpaired) electrons. The molecule has 0 aliphatic rings. The van der Waals surface area contributed by atoms with E-state index >= 15 is 0 Å². The molecule has 0 saturated carbocycles. The van der Waals surface area contributed by atoms with Crippen LogP contribution in [0.5, 0.6) is 0 Å². The topological polar surface area (TPSA) is 115 Å². The number of carbonyl (C=O) groups is 1. The van der Waals surface area contributed by atoms with Gasteiger partial charge in [-0.05, 0) is 18.6 Å². The van der Waals surface area contributed by atoms with E-state index in [0.717, 1.165) is 6.26 Å². The van der Waals surface area contributed by atoms with Gasteiger partial charge in [-0.1, -0.05) is 25.6 Å². The number of rotatable bonds is 5. The van der Waals surface area contributed by atoms with Crippen molar-refractivity contribution in [1.82, 2.24) is 15.3 Å². The summed E-state index contributed by atoms with van der Waals surface area (Å²) in [5.41, 5.74) is 7.30. The smallest absolute Gasteiger partial charge is 0.277 e. The lowest BCUT2D eigenvalue weighted by Crippen LogP contribution is -2.24. The highest BCUT2D eigenvalue weighted by Gasteiger charge is 2.15. The van der Waals surface area contributed by atoms with Crippen molar-refractivity contribution in [3.05, 3.63) is 48.4 Å². The second-order valence-corrected chi connectivity index (χ2v) is 7.21. The van der Waals surface area contributed by atoms with E-state index in [2.05, 4.69) is 21.9 Å². The van der Waals surface area contributed by atoms with E-state index < -0.39 is 15.7 Å². The molecule has 0 unspecified atom stereocenters. The second kappa shape index (κ2) is 6.79. The van der Waals surface area contributed by atoms with Crippen LogP contribution in [0.25, 0.3) is 11.3 Å². The Hall–Kier alpha value is -2.74. The van der Waals surface area contributed by atoms with Gasteiger partial charge in [-0.2, -0.15) is 0 Å². The van der Waals surface area contributed by atoms with Gasteiger partial charge in [0.1, 0.15) is 0 Å². The van der Waals surface area contributed by atoms with Gasteiger partial charge in [0.25, 0.3) is 5.91 Å². The summed E-state index contributed by atoms with van der Waals surface area (Å²) in [5, 5.41) is 2.60. The number of carbonyl (C=O) groups excluding carboxylic acids is 1. The van der Waals surface area contributed by atoms with Gasteiger partial charge in [-0.25, -0.2) is 18.4 Å². The van der Waals surface area contributed by atoms with Crippen molar-refractivity contribution < 1.29 is 13.2 Å². The Kier molecular flexibility index (Phi) is 4.99. The van der Waals surface area contributed by atoms with E-state index in [4.69, 9.17) is 5.73 Å². The van der Waals surface area contributed by atoms with Crippen molar-refractivity contribution in [2.75, 3.05) is 12.0 Å². The van der Waals surface area contributed by atoms with E-state index in [-0.39, 0.29) is 16.4 Å². The van der Waals surface area contributed by atoms with Gasteiger partial charge in [0, 0.05) is 17.5 Å². The first-order valence-corrected chi connectivity index (χ1v) is 9.03. The molecule has 126 valence electrons. The summed E-state index contributed by atoms with van der Waals surface area (Å²) >= 11 is 0. The minimum Gasteiger partial charge on any atom is -0.382 e. The molecule has 1 aromatic heterocycles. The quantitative estimate of drug-likeness (QED) is 0.853. The number of amides is 1. The standard InChI is InChI=1S/C16H18N4O3S/c1-4-10(2)19-16(21)14-15(17)18-9-13(20-14)11-5-7-12(8-6-11)24(3,22)23/h5-9H,2,4H2,1,3H3,(H2,17,18)(H,19,21). The normalized spacial score (nSPS) is 11.1. The molecular weight excluding hydrogens is 328 g/mol. The molecule has 0 spiro atoms. The van der Waals surface area contributed by atoms with E-state index in [0.29, 0.717) is 23.4 Å². The third-order valence-electron chi connectivity index (χ3n) is 3.31. The number of nitrogens with zero attached hydrogens (tertiary/aromatic N) is 2. The zero-order valence-electron chi connectivity index (χ0n) is 13.4. The van der Waals surface area contributed by atoms with Crippen LogP contribution in [0.1, 0.15) is 23.8 Å². The summed E-state index contributed by atoms with van der Waals surface area (Å²) in [7, 11) is -3.28. The minimum absolute atomic E-state index is 0.00529. The van der Waals surface area contributed by atoms with Gasteiger partial charge >= 0.3 is 0 Å². The van der Waals surface area contributed by atoms with Crippen LogP contribution in [-0.2, 0) is 9.84 Å². The van der Waals surface area contributed by atoms with E-state index in [1.165, 1.54) is 18.3 Å². The molecule has 3 N–H and O–H groups in total. The molecule has 0 aliphatic carbocycles. The van der Waals surface area contributed by atoms with Gasteiger partial charge in [-0.3, -0.25) is 4.79 Å². The van der Waals surface area contributed by atoms with Crippen LogP contribution in [0.3, 0.4) is 0 Å². The molecule has 24 heavy (non-hydrogen) atoms. The number of nitrogens with two attached hydrogens (primary N) is 1. The SMILES string of the molecule is C=C(CC)NC(=O)c1nc(-c2ccc(S(C)(=O)=O)cc2)cnc1N. The fourth-order valence-corrected chi connectivity index (χ4v) is 2.52. The van der Waals surface area contributed by atoms with Crippen LogP contribution in [-0.4, -0.2) is 30.5 Å². The Morgan fingerprint density at radius 3 is 2.46 bits per heavy atom. The fraction of sp³-hybridized carbons (Fsp3) is 0.188. The van der Waals surface area contributed by atoms with Crippen molar-refractivity contribution in [2.24, 2.45) is 0 Å². The highest BCUT2D eigenvalue weighted by Crippen LogP contribution is 2.21. The number of nitrogens with one attached hydrogen (secondary N) is 1. The first-order valence-electron chi connectivity index (χ1n) is 7.14. The van der Waals surface area contributed by atoms with Crippen molar-refractivity contribution in [3.8, 4) is 11.3 Å². The molecule has 2 rings (SSSR count). The van der Waals surface area contributed by atoms with Crippen LogP contribution < -0.4 is 11.1 Å². The van der Waals surface area contributed by atoms with Crippen LogP contribution in [0.4, 0.5) is 5.82 Å². The monoisotopic (exact) mass is 346 g/mol. The highest BCUT2D eigenvalue weighted by molar-refractivity contribution is 7.90. The number of hydrogen-bond donors (Lipinski definition) is 2. The number of aromatic nitrogens is 2. The van der Waals surface area contributed by atoms with Crippen molar-refractivity contribution in [1.29, 1.82) is 0 Å². The Morgan fingerprint density at radius 2 is 1.92 bits per heavy atom. The molecule has 1 heterocycles. The molecule has 1 amide bonds. The lowest BCUT2D eigenvalue weighted by atomic mass is 10.1. The maximum atomic E-state index is 12.2. The summed E-state index contributed by atoms with van der Waals surface area (Å²) < 4.78 is 23.0. The van der Waals surface area contributed by atoms with Crippen molar-refractivity contribution >= 4 is 21.6 Å². The molecule has 0 atom stereocenters. The van der Waals surface area contributed by atoms with Crippen LogP contribution in [0, 0.1) is 0 Å². The lowest BCUT2D eigenvalue weighted by molar-refractivity contribution is 0.0961. The Labute approximate surface area is 140 Å². The Balaban J connectivity index is 2.37. The average molecular weight is 346 g/mol.